The SMILES string of the molecule is Cc1ncsc1CCOCCCS(=O)(=O)CCNCCc1ccc(O)c2[nH]c(=O)sc12. The highest BCUT2D eigenvalue weighted by Gasteiger charge is 2.12. The molecule has 0 spiro atoms. The maximum absolute atomic E-state index is 12.2. The fourth-order valence-corrected chi connectivity index (χ4v) is 6.04. The smallest absolute Gasteiger partial charge is 0.305 e. The van der Waals surface area contributed by atoms with Gasteiger partial charge in [-0.15, -0.1) is 11.3 Å². The lowest BCUT2D eigenvalue weighted by atomic mass is 10.1. The molecule has 31 heavy (non-hydrogen) atoms. The van der Waals surface area contributed by atoms with Gasteiger partial charge in [0.15, 0.2) is 9.84 Å². The molecule has 0 amide bonds. The van der Waals surface area contributed by atoms with Gasteiger partial charge in [-0.3, -0.25) is 4.79 Å². The van der Waals surface area contributed by atoms with Crippen LogP contribution in [-0.4, -0.2) is 61.3 Å². The number of rotatable bonds is 13. The molecule has 170 valence electrons. The van der Waals surface area contributed by atoms with Crippen LogP contribution in [0.2, 0.25) is 0 Å². The van der Waals surface area contributed by atoms with E-state index in [2.05, 4.69) is 15.3 Å². The van der Waals surface area contributed by atoms with Gasteiger partial charge in [0, 0.05) is 24.4 Å². The third-order valence-electron chi connectivity index (χ3n) is 4.86. The summed E-state index contributed by atoms with van der Waals surface area (Å²) in [6.07, 6.45) is 1.93. The minimum Gasteiger partial charge on any atom is -0.506 e. The Morgan fingerprint density at radius 1 is 1.19 bits per heavy atom. The normalized spacial score (nSPS) is 12.0. The Balaban J connectivity index is 1.30. The number of fused-ring (bicyclic) bond motifs is 1. The lowest BCUT2D eigenvalue weighted by Gasteiger charge is -2.08. The van der Waals surface area contributed by atoms with Crippen LogP contribution in [0.15, 0.2) is 22.4 Å². The zero-order valence-corrected chi connectivity index (χ0v) is 19.8. The maximum atomic E-state index is 12.2. The van der Waals surface area contributed by atoms with Gasteiger partial charge in [-0.1, -0.05) is 17.4 Å². The van der Waals surface area contributed by atoms with E-state index >= 15 is 0 Å². The fraction of sp³-hybridized carbons (Fsp3) is 0.500. The number of phenols is 1. The fourth-order valence-electron chi connectivity index (χ4n) is 3.16. The number of thiazole rings is 2. The Morgan fingerprint density at radius 3 is 2.81 bits per heavy atom. The maximum Gasteiger partial charge on any atom is 0.305 e. The Hall–Kier alpha value is -1.79. The lowest BCUT2D eigenvalue weighted by Crippen LogP contribution is -2.26. The van der Waals surface area contributed by atoms with Crippen LogP contribution in [0.3, 0.4) is 0 Å². The minimum atomic E-state index is -3.13. The molecule has 0 aliphatic carbocycles. The van der Waals surface area contributed by atoms with Gasteiger partial charge in [0.05, 0.1) is 34.0 Å². The second-order valence-electron chi connectivity index (χ2n) is 7.19. The molecule has 0 aliphatic rings. The van der Waals surface area contributed by atoms with E-state index in [4.69, 9.17) is 4.74 Å². The van der Waals surface area contributed by atoms with Crippen LogP contribution < -0.4 is 10.2 Å². The molecule has 0 atom stereocenters. The van der Waals surface area contributed by atoms with Crippen LogP contribution in [0.4, 0.5) is 0 Å². The minimum absolute atomic E-state index is 0.0544. The summed E-state index contributed by atoms with van der Waals surface area (Å²) in [7, 11) is -3.13. The Bertz CT molecular complexity index is 1150. The first kappa shape index (κ1) is 23.9. The van der Waals surface area contributed by atoms with Gasteiger partial charge in [0.1, 0.15) is 11.3 Å². The predicted molar refractivity (Wildman–Crippen MR) is 125 cm³/mol. The van der Waals surface area contributed by atoms with Crippen molar-refractivity contribution in [3.05, 3.63) is 43.4 Å². The first-order chi connectivity index (χ1) is 14.9. The second kappa shape index (κ2) is 11.2. The van der Waals surface area contributed by atoms with Crippen molar-refractivity contribution >= 4 is 42.7 Å². The summed E-state index contributed by atoms with van der Waals surface area (Å²) in [5.41, 5.74) is 4.25. The van der Waals surface area contributed by atoms with Gasteiger partial charge in [-0.25, -0.2) is 13.4 Å². The molecule has 3 aromatic rings. The Labute approximate surface area is 189 Å². The van der Waals surface area contributed by atoms with Crippen LogP contribution in [0.5, 0.6) is 5.75 Å². The molecule has 3 rings (SSSR count). The quantitative estimate of drug-likeness (QED) is 0.318. The molecule has 11 heteroatoms. The lowest BCUT2D eigenvalue weighted by molar-refractivity contribution is 0.138. The first-order valence-electron chi connectivity index (χ1n) is 10.1. The van der Waals surface area contributed by atoms with Crippen LogP contribution in [0.25, 0.3) is 10.2 Å². The number of hydrogen-bond acceptors (Lipinski definition) is 9. The Kier molecular flexibility index (Phi) is 8.61. The zero-order chi connectivity index (χ0) is 22.3. The van der Waals surface area contributed by atoms with E-state index in [1.54, 1.807) is 23.5 Å². The monoisotopic (exact) mass is 485 g/mol. The molecule has 0 aliphatic heterocycles. The summed E-state index contributed by atoms with van der Waals surface area (Å²) in [6, 6.07) is 3.35. The topological polar surface area (TPSA) is 121 Å². The number of aromatic nitrogens is 2. The molecule has 0 unspecified atom stereocenters. The van der Waals surface area contributed by atoms with Gasteiger partial charge in [0.25, 0.3) is 0 Å². The molecule has 0 bridgehead atoms. The molecule has 2 heterocycles. The number of aromatic amines is 1. The standard InChI is InChI=1S/C20H27N3O5S3/c1-14-17(29-13-22-14)6-10-28-9-2-11-31(26,27)12-8-21-7-5-15-3-4-16(24)18-19(15)30-20(25)23-18/h3-4,13,21,24H,2,5-12H2,1H3,(H,23,25). The number of phenolic OH excluding ortho intramolecular Hbond substituents is 1. The van der Waals surface area contributed by atoms with Gasteiger partial charge < -0.3 is 20.1 Å². The van der Waals surface area contributed by atoms with E-state index in [1.165, 1.54) is 4.88 Å². The van der Waals surface area contributed by atoms with E-state index in [9.17, 15) is 18.3 Å². The number of ether oxygens (including phenoxy) is 1. The van der Waals surface area contributed by atoms with Crippen LogP contribution in [-0.2, 0) is 27.4 Å². The highest BCUT2D eigenvalue weighted by Crippen LogP contribution is 2.27. The van der Waals surface area contributed by atoms with Crippen molar-refractivity contribution in [1.82, 2.24) is 15.3 Å². The number of nitrogens with zero attached hydrogens (tertiary/aromatic N) is 1. The van der Waals surface area contributed by atoms with Crippen molar-refractivity contribution in [3.8, 4) is 5.75 Å². The molecule has 8 nitrogen and oxygen atoms in total. The van der Waals surface area contributed by atoms with Gasteiger partial charge in [0.2, 0.25) is 0 Å². The first-order valence-corrected chi connectivity index (χ1v) is 13.6. The van der Waals surface area contributed by atoms with Crippen molar-refractivity contribution in [3.63, 3.8) is 0 Å². The van der Waals surface area contributed by atoms with Crippen molar-refractivity contribution in [1.29, 1.82) is 0 Å². The third kappa shape index (κ3) is 7.11. The number of aryl methyl sites for hydroxylation is 1. The van der Waals surface area contributed by atoms with Crippen LogP contribution >= 0.6 is 22.7 Å². The van der Waals surface area contributed by atoms with E-state index < -0.39 is 9.84 Å². The summed E-state index contributed by atoms with van der Waals surface area (Å²) in [6.45, 7) is 3.94. The van der Waals surface area contributed by atoms with E-state index in [1.807, 2.05) is 12.4 Å². The molecule has 0 saturated carbocycles. The van der Waals surface area contributed by atoms with Crippen LogP contribution in [0, 0.1) is 6.92 Å². The van der Waals surface area contributed by atoms with Gasteiger partial charge in [-0.05, 0) is 37.9 Å². The van der Waals surface area contributed by atoms with Crippen molar-refractivity contribution in [2.45, 2.75) is 26.2 Å². The number of aromatic hydroxyl groups is 1. The number of benzene rings is 1. The van der Waals surface area contributed by atoms with Gasteiger partial charge in [-0.2, -0.15) is 0 Å². The number of hydrogen-bond donors (Lipinski definition) is 3. The average molecular weight is 486 g/mol. The van der Waals surface area contributed by atoms with E-state index in [0.29, 0.717) is 44.7 Å². The second-order valence-corrected chi connectivity index (χ2v) is 11.4. The molecular weight excluding hydrogens is 458 g/mol. The van der Waals surface area contributed by atoms with Crippen molar-refractivity contribution < 1.29 is 18.3 Å². The molecule has 2 aromatic heterocycles. The van der Waals surface area contributed by atoms with Crippen molar-refractivity contribution in [2.24, 2.45) is 0 Å². The van der Waals surface area contributed by atoms with Crippen LogP contribution in [0.1, 0.15) is 22.6 Å². The summed E-state index contributed by atoms with van der Waals surface area (Å²) >= 11 is 2.68. The molecule has 1 aromatic carbocycles. The highest BCUT2D eigenvalue weighted by atomic mass is 32.2. The van der Waals surface area contributed by atoms with Crippen molar-refractivity contribution in [2.75, 3.05) is 37.8 Å². The van der Waals surface area contributed by atoms with Gasteiger partial charge >= 0.3 is 4.87 Å². The predicted octanol–water partition coefficient (Wildman–Crippen LogP) is 2.26. The highest BCUT2D eigenvalue weighted by molar-refractivity contribution is 7.91. The Morgan fingerprint density at radius 2 is 2.03 bits per heavy atom. The molecule has 3 N–H and O–H groups in total. The van der Waals surface area contributed by atoms with E-state index in [-0.39, 0.29) is 22.1 Å². The molecule has 0 radical (unpaired) electrons. The number of sulfone groups is 1. The zero-order valence-electron chi connectivity index (χ0n) is 17.3. The number of H-pyrrole nitrogens is 1. The summed E-state index contributed by atoms with van der Waals surface area (Å²) < 4.78 is 30.6. The summed E-state index contributed by atoms with van der Waals surface area (Å²) in [5.74, 6) is 0.249. The number of nitrogens with one attached hydrogen (secondary N) is 2. The third-order valence-corrected chi connectivity index (χ3v) is 8.55. The largest absolute Gasteiger partial charge is 0.506 e. The average Bonchev–Trinajstić information content (AvgIpc) is 3.31. The molecule has 0 fully saturated rings. The summed E-state index contributed by atoms with van der Waals surface area (Å²) in [5, 5.41) is 13.0. The summed E-state index contributed by atoms with van der Waals surface area (Å²) in [4.78, 5) is 19.4. The van der Waals surface area contributed by atoms with E-state index in [0.717, 1.165) is 33.7 Å². The molecular formula is C20H27N3O5S3. The molecule has 0 saturated heterocycles.